The highest BCUT2D eigenvalue weighted by atomic mass is 32.2. The number of hydrogen-bond donors (Lipinski definition) is 2. The quantitative estimate of drug-likeness (QED) is 0.759. The lowest BCUT2D eigenvalue weighted by Gasteiger charge is -2.27. The minimum absolute atomic E-state index is 0.103. The lowest BCUT2D eigenvalue weighted by Crippen LogP contribution is -2.34. The number of rotatable bonds is 3. The van der Waals surface area contributed by atoms with Gasteiger partial charge in [-0.3, -0.25) is 4.79 Å². The van der Waals surface area contributed by atoms with Crippen molar-refractivity contribution < 1.29 is 13.2 Å². The van der Waals surface area contributed by atoms with E-state index >= 15 is 0 Å². The number of benzene rings is 1. The zero-order chi connectivity index (χ0) is 14.2. The number of sulfone groups is 1. The number of carbonyl (C=O) groups excluding carboxylic acids is 1. The predicted molar refractivity (Wildman–Crippen MR) is 74.8 cm³/mol. The van der Waals surface area contributed by atoms with Crippen LogP contribution in [0.2, 0.25) is 0 Å². The summed E-state index contributed by atoms with van der Waals surface area (Å²) in [6, 6.07) is 4.74. The maximum atomic E-state index is 11.5. The van der Waals surface area contributed by atoms with Crippen LogP contribution in [0, 0.1) is 0 Å². The molecule has 4 N–H and O–H groups in total. The summed E-state index contributed by atoms with van der Waals surface area (Å²) >= 11 is 0. The van der Waals surface area contributed by atoms with Crippen molar-refractivity contribution >= 4 is 27.1 Å². The van der Waals surface area contributed by atoms with Crippen molar-refractivity contribution in [1.82, 2.24) is 0 Å². The molecule has 1 fully saturated rings. The van der Waals surface area contributed by atoms with Gasteiger partial charge >= 0.3 is 0 Å². The van der Waals surface area contributed by atoms with Gasteiger partial charge in [0.05, 0.1) is 17.1 Å². The van der Waals surface area contributed by atoms with Crippen LogP contribution in [0.5, 0.6) is 0 Å². The van der Waals surface area contributed by atoms with Crippen LogP contribution < -0.4 is 16.4 Å². The molecular weight excluding hydrogens is 266 g/mol. The molecule has 0 aromatic heterocycles. The Morgan fingerprint density at radius 1 is 1.42 bits per heavy atom. The second kappa shape index (κ2) is 4.73. The lowest BCUT2D eigenvalue weighted by molar-refractivity contribution is 0.100. The van der Waals surface area contributed by atoms with Crippen molar-refractivity contribution in [2.45, 2.75) is 12.5 Å². The normalized spacial score (nSPS) is 21.2. The molecule has 7 heteroatoms. The summed E-state index contributed by atoms with van der Waals surface area (Å²) in [7, 11) is -1.20. The first-order valence-electron chi connectivity index (χ1n) is 5.93. The molecule has 0 saturated carbocycles. The van der Waals surface area contributed by atoms with E-state index in [0.717, 1.165) is 0 Å². The van der Waals surface area contributed by atoms with Crippen LogP contribution in [0.15, 0.2) is 18.2 Å². The van der Waals surface area contributed by atoms with Crippen molar-refractivity contribution in [3.8, 4) is 0 Å². The Morgan fingerprint density at radius 3 is 2.63 bits per heavy atom. The van der Waals surface area contributed by atoms with E-state index in [-0.39, 0.29) is 17.5 Å². The molecule has 0 radical (unpaired) electrons. The van der Waals surface area contributed by atoms with Crippen LogP contribution >= 0.6 is 0 Å². The van der Waals surface area contributed by atoms with E-state index in [2.05, 4.69) is 0 Å². The number of hydrogen-bond acceptors (Lipinski definition) is 5. The summed E-state index contributed by atoms with van der Waals surface area (Å²) in [6.45, 7) is 0. The van der Waals surface area contributed by atoms with Crippen molar-refractivity contribution in [3.05, 3.63) is 23.8 Å². The number of amides is 1. The highest BCUT2D eigenvalue weighted by Gasteiger charge is 2.31. The molecule has 2 rings (SSSR count). The molecule has 19 heavy (non-hydrogen) atoms. The van der Waals surface area contributed by atoms with E-state index in [0.29, 0.717) is 23.4 Å². The van der Waals surface area contributed by atoms with Gasteiger partial charge in [-0.2, -0.15) is 0 Å². The van der Waals surface area contributed by atoms with Crippen LogP contribution in [0.1, 0.15) is 16.8 Å². The van der Waals surface area contributed by atoms with E-state index in [1.54, 1.807) is 24.1 Å². The first-order chi connectivity index (χ1) is 8.80. The smallest absolute Gasteiger partial charge is 0.250 e. The number of nitrogens with zero attached hydrogens (tertiary/aromatic N) is 1. The summed E-state index contributed by atoms with van der Waals surface area (Å²) in [4.78, 5) is 13.2. The Labute approximate surface area is 112 Å². The summed E-state index contributed by atoms with van der Waals surface area (Å²) < 4.78 is 23.0. The Bertz CT molecular complexity index is 613. The van der Waals surface area contributed by atoms with Gasteiger partial charge in [0.2, 0.25) is 0 Å². The van der Waals surface area contributed by atoms with E-state index in [1.165, 1.54) is 6.07 Å². The second-order valence-corrected chi connectivity index (χ2v) is 7.04. The van der Waals surface area contributed by atoms with Gasteiger partial charge in [0.15, 0.2) is 9.84 Å². The van der Waals surface area contributed by atoms with Gasteiger partial charge in [0, 0.05) is 24.5 Å². The van der Waals surface area contributed by atoms with E-state index < -0.39 is 15.7 Å². The first kappa shape index (κ1) is 13.7. The SMILES string of the molecule is CN(c1ccc(N)cc1C(N)=O)C1CCS(=O)(=O)C1. The van der Waals surface area contributed by atoms with Gasteiger partial charge in [-0.1, -0.05) is 0 Å². The van der Waals surface area contributed by atoms with Gasteiger partial charge < -0.3 is 16.4 Å². The Kier molecular flexibility index (Phi) is 3.40. The minimum Gasteiger partial charge on any atom is -0.399 e. The highest BCUT2D eigenvalue weighted by molar-refractivity contribution is 7.91. The molecule has 1 aromatic rings. The average molecular weight is 283 g/mol. The molecule has 1 atom stereocenters. The summed E-state index contributed by atoms with van der Waals surface area (Å²) in [5, 5.41) is 0. The predicted octanol–water partition coefficient (Wildman–Crippen LogP) is -0.00900. The molecule has 0 bridgehead atoms. The summed E-state index contributed by atoms with van der Waals surface area (Å²) in [5.41, 5.74) is 12.3. The number of anilines is 2. The number of nitrogen functional groups attached to an aromatic ring is 1. The van der Waals surface area contributed by atoms with Gasteiger partial charge in [0.1, 0.15) is 0 Å². The molecule has 1 aliphatic rings. The fourth-order valence-corrected chi connectivity index (χ4v) is 4.11. The van der Waals surface area contributed by atoms with Gasteiger partial charge in [-0.05, 0) is 24.6 Å². The molecule has 0 spiro atoms. The monoisotopic (exact) mass is 283 g/mol. The Balaban J connectivity index is 2.34. The Hall–Kier alpha value is -1.76. The molecule has 1 aliphatic heterocycles. The Morgan fingerprint density at radius 2 is 2.11 bits per heavy atom. The molecule has 0 aliphatic carbocycles. The number of nitrogens with two attached hydrogens (primary N) is 2. The molecule has 6 nitrogen and oxygen atoms in total. The standard InChI is InChI=1S/C12H17N3O3S/c1-15(9-4-5-19(17,18)7-9)11-3-2-8(13)6-10(11)12(14)16/h2-3,6,9H,4-5,7,13H2,1H3,(H2,14,16). The molecule has 1 unspecified atom stereocenters. The van der Waals surface area contributed by atoms with Crippen molar-refractivity contribution in [2.75, 3.05) is 29.2 Å². The van der Waals surface area contributed by atoms with Gasteiger partial charge in [-0.25, -0.2) is 8.42 Å². The maximum absolute atomic E-state index is 11.5. The minimum atomic E-state index is -2.97. The van der Waals surface area contributed by atoms with E-state index in [1.807, 2.05) is 0 Å². The largest absolute Gasteiger partial charge is 0.399 e. The van der Waals surface area contributed by atoms with Gasteiger partial charge in [0.25, 0.3) is 5.91 Å². The summed E-state index contributed by atoms with van der Waals surface area (Å²) in [5.74, 6) is -0.287. The van der Waals surface area contributed by atoms with Crippen molar-refractivity contribution in [1.29, 1.82) is 0 Å². The second-order valence-electron chi connectivity index (χ2n) is 4.81. The third-order valence-corrected chi connectivity index (χ3v) is 5.17. The third kappa shape index (κ3) is 2.81. The van der Waals surface area contributed by atoms with Crippen LogP contribution in [0.3, 0.4) is 0 Å². The van der Waals surface area contributed by atoms with Crippen molar-refractivity contribution in [2.24, 2.45) is 5.73 Å². The van der Waals surface area contributed by atoms with E-state index in [9.17, 15) is 13.2 Å². The first-order valence-corrected chi connectivity index (χ1v) is 7.75. The molecule has 104 valence electrons. The lowest BCUT2D eigenvalue weighted by atomic mass is 10.1. The zero-order valence-corrected chi connectivity index (χ0v) is 11.5. The molecular formula is C12H17N3O3S. The van der Waals surface area contributed by atoms with E-state index in [4.69, 9.17) is 11.5 Å². The third-order valence-electron chi connectivity index (χ3n) is 3.42. The average Bonchev–Trinajstić information content (AvgIpc) is 2.68. The van der Waals surface area contributed by atoms with Crippen molar-refractivity contribution in [3.63, 3.8) is 0 Å². The summed E-state index contributed by atoms with van der Waals surface area (Å²) in [6.07, 6.45) is 0.557. The van der Waals surface area contributed by atoms with Crippen LogP contribution in [0.25, 0.3) is 0 Å². The zero-order valence-electron chi connectivity index (χ0n) is 10.7. The number of carbonyl (C=O) groups is 1. The fourth-order valence-electron chi connectivity index (χ4n) is 2.34. The van der Waals surface area contributed by atoms with Crippen LogP contribution in [-0.2, 0) is 9.84 Å². The molecule has 1 amide bonds. The maximum Gasteiger partial charge on any atom is 0.250 e. The van der Waals surface area contributed by atoms with Gasteiger partial charge in [-0.15, -0.1) is 0 Å². The molecule has 1 heterocycles. The van der Waals surface area contributed by atoms with Crippen LogP contribution in [0.4, 0.5) is 11.4 Å². The fraction of sp³-hybridized carbons (Fsp3) is 0.417. The molecule has 1 aromatic carbocycles. The van der Waals surface area contributed by atoms with Crippen LogP contribution in [-0.4, -0.2) is 38.9 Å². The highest BCUT2D eigenvalue weighted by Crippen LogP contribution is 2.27. The topological polar surface area (TPSA) is 106 Å². The number of primary amides is 1. The molecule has 1 saturated heterocycles.